The molecule has 5 heteroatoms. The zero-order valence-corrected chi connectivity index (χ0v) is 10.3. The van der Waals surface area contributed by atoms with Crippen LogP contribution in [0, 0.1) is 6.92 Å². The van der Waals surface area contributed by atoms with E-state index in [2.05, 4.69) is 5.32 Å². The molecule has 0 spiro atoms. The fourth-order valence-electron chi connectivity index (χ4n) is 1.56. The number of aryl methyl sites for hydroxylation is 1. The van der Waals surface area contributed by atoms with E-state index in [0.29, 0.717) is 5.02 Å². The first-order valence-electron chi connectivity index (χ1n) is 4.90. The summed E-state index contributed by atoms with van der Waals surface area (Å²) in [4.78, 5) is 0. The second-order valence-electron chi connectivity index (χ2n) is 3.87. The molecule has 0 saturated carbocycles. The fourth-order valence-corrected chi connectivity index (χ4v) is 2.98. The molecule has 0 saturated heterocycles. The van der Waals surface area contributed by atoms with Gasteiger partial charge in [0.1, 0.15) is 0 Å². The monoisotopic (exact) mass is 257 g/mol. The second-order valence-corrected chi connectivity index (χ2v) is 6.21. The predicted molar refractivity (Wildman–Crippen MR) is 66.5 cm³/mol. The summed E-state index contributed by atoms with van der Waals surface area (Å²) < 4.78 is 22.4. The van der Waals surface area contributed by atoms with Gasteiger partial charge in [0, 0.05) is 16.1 Å². The molecule has 0 aliphatic carbocycles. The van der Waals surface area contributed by atoms with Gasteiger partial charge in [0.25, 0.3) is 0 Å². The lowest BCUT2D eigenvalue weighted by Crippen LogP contribution is -2.20. The van der Waals surface area contributed by atoms with Crippen molar-refractivity contribution >= 4 is 27.1 Å². The zero-order chi connectivity index (χ0) is 11.8. The molecule has 1 heterocycles. The minimum Gasteiger partial charge on any atom is -0.378 e. The minimum absolute atomic E-state index is 0.110. The van der Waals surface area contributed by atoms with Crippen LogP contribution in [0.15, 0.2) is 29.7 Å². The van der Waals surface area contributed by atoms with Gasteiger partial charge >= 0.3 is 0 Å². The molecule has 0 radical (unpaired) electrons. The molecule has 1 N–H and O–H groups in total. The molecule has 3 nitrogen and oxygen atoms in total. The molecule has 86 valence electrons. The minimum atomic E-state index is -3.01. The van der Waals surface area contributed by atoms with Crippen LogP contribution in [0.25, 0.3) is 0 Å². The van der Waals surface area contributed by atoms with E-state index < -0.39 is 9.84 Å². The standard InChI is InChI=1S/C11H12ClNO2S/c1-8-2-3-9(6-11(8)12)13-10-4-5-16(14,15)7-10/h2-6,10,13H,7H2,1H3/t10-/m1/s1. The number of nitrogens with one attached hydrogen (secondary N) is 1. The Morgan fingerprint density at radius 3 is 2.75 bits per heavy atom. The highest BCUT2D eigenvalue weighted by atomic mass is 35.5. The molecule has 1 aliphatic rings. The summed E-state index contributed by atoms with van der Waals surface area (Å²) in [5.41, 5.74) is 1.84. The van der Waals surface area contributed by atoms with Gasteiger partial charge in [-0.05, 0) is 24.6 Å². The molecular formula is C11H12ClNO2S. The molecule has 16 heavy (non-hydrogen) atoms. The van der Waals surface area contributed by atoms with E-state index in [0.717, 1.165) is 11.3 Å². The van der Waals surface area contributed by atoms with Gasteiger partial charge in [0.15, 0.2) is 9.84 Å². The molecule has 1 atom stereocenters. The summed E-state index contributed by atoms with van der Waals surface area (Å²) in [6.07, 6.45) is 1.66. The molecule has 1 aliphatic heterocycles. The zero-order valence-electron chi connectivity index (χ0n) is 8.77. The summed E-state index contributed by atoms with van der Waals surface area (Å²) in [5.74, 6) is 0.110. The van der Waals surface area contributed by atoms with E-state index in [1.165, 1.54) is 5.41 Å². The van der Waals surface area contributed by atoms with Gasteiger partial charge in [-0.15, -0.1) is 0 Å². The summed E-state index contributed by atoms with van der Waals surface area (Å²) in [5, 5.41) is 5.04. The van der Waals surface area contributed by atoms with Crippen molar-refractivity contribution < 1.29 is 8.42 Å². The van der Waals surface area contributed by atoms with Crippen LogP contribution in [-0.4, -0.2) is 20.2 Å². The van der Waals surface area contributed by atoms with Crippen molar-refractivity contribution in [3.63, 3.8) is 0 Å². The largest absolute Gasteiger partial charge is 0.378 e. The average molecular weight is 258 g/mol. The van der Waals surface area contributed by atoms with Crippen molar-refractivity contribution in [1.82, 2.24) is 0 Å². The van der Waals surface area contributed by atoms with Crippen LogP contribution < -0.4 is 5.32 Å². The Balaban J connectivity index is 2.11. The molecule has 0 bridgehead atoms. The van der Waals surface area contributed by atoms with Crippen molar-refractivity contribution in [1.29, 1.82) is 0 Å². The Kier molecular flexibility index (Phi) is 2.95. The Morgan fingerprint density at radius 2 is 2.19 bits per heavy atom. The molecule has 1 aromatic rings. The lowest BCUT2D eigenvalue weighted by atomic mass is 10.2. The van der Waals surface area contributed by atoms with Crippen molar-refractivity contribution in [3.8, 4) is 0 Å². The van der Waals surface area contributed by atoms with Gasteiger partial charge in [-0.25, -0.2) is 8.42 Å². The van der Waals surface area contributed by atoms with Gasteiger partial charge in [-0.2, -0.15) is 0 Å². The van der Waals surface area contributed by atoms with Crippen LogP contribution in [0.2, 0.25) is 5.02 Å². The van der Waals surface area contributed by atoms with Gasteiger partial charge in [-0.3, -0.25) is 0 Å². The Morgan fingerprint density at radius 1 is 1.44 bits per heavy atom. The van der Waals surface area contributed by atoms with Gasteiger partial charge in [0.2, 0.25) is 0 Å². The number of benzene rings is 1. The van der Waals surface area contributed by atoms with E-state index >= 15 is 0 Å². The summed E-state index contributed by atoms with van der Waals surface area (Å²) in [6.45, 7) is 1.92. The Labute approximate surface area is 100 Å². The quantitative estimate of drug-likeness (QED) is 0.885. The number of anilines is 1. The fraction of sp³-hybridized carbons (Fsp3) is 0.273. The number of hydrogen-bond donors (Lipinski definition) is 1. The maximum absolute atomic E-state index is 11.2. The van der Waals surface area contributed by atoms with E-state index in [-0.39, 0.29) is 11.8 Å². The lowest BCUT2D eigenvalue weighted by molar-refractivity contribution is 0.605. The smallest absolute Gasteiger partial charge is 0.173 e. The van der Waals surface area contributed by atoms with Crippen LogP contribution in [0.3, 0.4) is 0 Å². The first kappa shape index (κ1) is 11.5. The van der Waals surface area contributed by atoms with E-state index in [9.17, 15) is 8.42 Å². The molecule has 0 aromatic heterocycles. The highest BCUT2D eigenvalue weighted by Crippen LogP contribution is 2.22. The molecule has 0 unspecified atom stereocenters. The van der Waals surface area contributed by atoms with Crippen LogP contribution in [0.4, 0.5) is 5.69 Å². The number of rotatable bonds is 2. The SMILES string of the molecule is Cc1ccc(N[C@@H]2C=CS(=O)(=O)C2)cc1Cl. The summed E-state index contributed by atoms with van der Waals surface area (Å²) in [7, 11) is -3.01. The molecular weight excluding hydrogens is 246 g/mol. The van der Waals surface area contributed by atoms with Crippen LogP contribution in [0.1, 0.15) is 5.56 Å². The molecule has 0 amide bonds. The first-order valence-corrected chi connectivity index (χ1v) is 6.99. The molecule has 2 rings (SSSR count). The topological polar surface area (TPSA) is 46.2 Å². The van der Waals surface area contributed by atoms with Crippen molar-refractivity contribution in [3.05, 3.63) is 40.3 Å². The van der Waals surface area contributed by atoms with Gasteiger partial charge in [0.05, 0.1) is 11.8 Å². The highest BCUT2D eigenvalue weighted by molar-refractivity contribution is 7.94. The third-order valence-electron chi connectivity index (χ3n) is 2.45. The van der Waals surface area contributed by atoms with Crippen LogP contribution in [0.5, 0.6) is 0 Å². The summed E-state index contributed by atoms with van der Waals surface area (Å²) >= 11 is 5.98. The first-order chi connectivity index (χ1) is 7.46. The van der Waals surface area contributed by atoms with Crippen molar-refractivity contribution in [2.24, 2.45) is 0 Å². The van der Waals surface area contributed by atoms with E-state index in [1.807, 2.05) is 19.1 Å². The Hall–Kier alpha value is -1.00. The third kappa shape index (κ3) is 2.57. The van der Waals surface area contributed by atoms with Crippen LogP contribution >= 0.6 is 11.6 Å². The van der Waals surface area contributed by atoms with E-state index in [1.54, 1.807) is 12.1 Å². The van der Waals surface area contributed by atoms with Crippen molar-refractivity contribution in [2.75, 3.05) is 11.1 Å². The number of sulfone groups is 1. The normalized spacial score (nSPS) is 22.2. The van der Waals surface area contributed by atoms with Gasteiger partial charge in [-0.1, -0.05) is 23.7 Å². The Bertz CT molecular complexity index is 537. The predicted octanol–water partition coefficient (Wildman–Crippen LogP) is 2.37. The average Bonchev–Trinajstić information content (AvgIpc) is 2.52. The van der Waals surface area contributed by atoms with E-state index in [4.69, 9.17) is 11.6 Å². The maximum atomic E-state index is 11.2. The van der Waals surface area contributed by atoms with Gasteiger partial charge < -0.3 is 5.32 Å². The highest BCUT2D eigenvalue weighted by Gasteiger charge is 2.21. The lowest BCUT2D eigenvalue weighted by Gasteiger charge is -2.12. The maximum Gasteiger partial charge on any atom is 0.173 e. The number of halogens is 1. The molecule has 1 aromatic carbocycles. The summed E-state index contributed by atoms with van der Waals surface area (Å²) in [6, 6.07) is 5.43. The number of hydrogen-bond acceptors (Lipinski definition) is 3. The second kappa shape index (κ2) is 4.11. The van der Waals surface area contributed by atoms with Crippen LogP contribution in [-0.2, 0) is 9.84 Å². The van der Waals surface area contributed by atoms with Crippen molar-refractivity contribution in [2.45, 2.75) is 13.0 Å². The third-order valence-corrected chi connectivity index (χ3v) is 4.26. The molecule has 0 fully saturated rings.